The van der Waals surface area contributed by atoms with Gasteiger partial charge < -0.3 is 9.79 Å². The van der Waals surface area contributed by atoms with Gasteiger partial charge in [-0.1, -0.05) is 17.3 Å². The quantitative estimate of drug-likeness (QED) is 0.208. The first-order chi connectivity index (χ1) is 10.2. The van der Waals surface area contributed by atoms with Crippen molar-refractivity contribution < 1.29 is 24.4 Å². The SMILES string of the molecule is CC1=CCCC=C1C(=O)N(O)CN(C)CC(N=O)P(=O)(O)O. The van der Waals surface area contributed by atoms with Crippen molar-refractivity contribution in [3.8, 4) is 0 Å². The summed E-state index contributed by atoms with van der Waals surface area (Å²) >= 11 is 0. The molecule has 124 valence electrons. The molecule has 0 fully saturated rings. The van der Waals surface area contributed by atoms with E-state index in [-0.39, 0.29) is 13.2 Å². The Labute approximate surface area is 128 Å². The number of rotatable bonds is 7. The number of hydroxylamine groups is 2. The molecule has 9 nitrogen and oxygen atoms in total. The lowest BCUT2D eigenvalue weighted by Gasteiger charge is -2.25. The smallest absolute Gasteiger partial charge is 0.323 e. The molecule has 0 saturated carbocycles. The second-order valence-corrected chi connectivity index (χ2v) is 6.92. The highest BCUT2D eigenvalue weighted by Crippen LogP contribution is 2.41. The van der Waals surface area contributed by atoms with Crippen LogP contribution in [-0.4, -0.2) is 56.9 Å². The molecule has 22 heavy (non-hydrogen) atoms. The summed E-state index contributed by atoms with van der Waals surface area (Å²) < 4.78 is 11.0. The van der Waals surface area contributed by atoms with Crippen molar-refractivity contribution in [3.63, 3.8) is 0 Å². The first kappa shape index (κ1) is 18.7. The average Bonchev–Trinajstić information content (AvgIpc) is 2.43. The lowest BCUT2D eigenvalue weighted by molar-refractivity contribution is -0.168. The number of nitrogens with zero attached hydrogens (tertiary/aromatic N) is 3. The van der Waals surface area contributed by atoms with Crippen molar-refractivity contribution in [2.75, 3.05) is 20.3 Å². The Morgan fingerprint density at radius 3 is 2.50 bits per heavy atom. The highest BCUT2D eigenvalue weighted by atomic mass is 31.2. The van der Waals surface area contributed by atoms with Gasteiger partial charge in [0.25, 0.3) is 5.91 Å². The third-order valence-corrected chi connectivity index (χ3v) is 4.25. The molecule has 0 aromatic rings. The third kappa shape index (κ3) is 5.11. The third-order valence-electron chi connectivity index (χ3n) is 3.22. The summed E-state index contributed by atoms with van der Waals surface area (Å²) in [4.78, 5) is 41.7. The van der Waals surface area contributed by atoms with E-state index in [0.29, 0.717) is 17.1 Å². The van der Waals surface area contributed by atoms with Crippen molar-refractivity contribution >= 4 is 13.5 Å². The van der Waals surface area contributed by atoms with Crippen LogP contribution in [0, 0.1) is 4.91 Å². The van der Waals surface area contributed by atoms with Gasteiger partial charge >= 0.3 is 7.60 Å². The van der Waals surface area contributed by atoms with Crippen LogP contribution < -0.4 is 0 Å². The molecule has 1 unspecified atom stereocenters. The zero-order chi connectivity index (χ0) is 16.9. The molecule has 1 rings (SSSR count). The van der Waals surface area contributed by atoms with Crippen LogP contribution in [0.4, 0.5) is 0 Å². The molecule has 1 atom stereocenters. The molecule has 10 heteroatoms. The first-order valence-electron chi connectivity index (χ1n) is 6.61. The molecule has 0 aromatic heterocycles. The Hall–Kier alpha value is -1.38. The van der Waals surface area contributed by atoms with Crippen molar-refractivity contribution in [2.45, 2.75) is 25.5 Å². The predicted molar refractivity (Wildman–Crippen MR) is 78.8 cm³/mol. The largest absolute Gasteiger partial charge is 0.354 e. The highest BCUT2D eigenvalue weighted by molar-refractivity contribution is 7.52. The van der Waals surface area contributed by atoms with E-state index in [1.54, 1.807) is 13.0 Å². The minimum Gasteiger partial charge on any atom is -0.323 e. The molecule has 0 spiro atoms. The van der Waals surface area contributed by atoms with Gasteiger partial charge in [0, 0.05) is 12.1 Å². The monoisotopic (exact) mass is 333 g/mol. The molecule has 0 aromatic carbocycles. The Bertz CT molecular complexity index is 541. The fraction of sp³-hybridized carbons (Fsp3) is 0.583. The molecular formula is C12H20N3O6P. The van der Waals surface area contributed by atoms with Gasteiger partial charge in [-0.05, 0) is 32.4 Å². The van der Waals surface area contributed by atoms with Crippen LogP contribution in [0.15, 0.2) is 28.5 Å². The van der Waals surface area contributed by atoms with Crippen molar-refractivity contribution in [1.82, 2.24) is 9.96 Å². The summed E-state index contributed by atoms with van der Waals surface area (Å²) in [7, 11) is -3.25. The summed E-state index contributed by atoms with van der Waals surface area (Å²) in [6.07, 6.45) is 5.16. The van der Waals surface area contributed by atoms with Crippen LogP contribution in [0.5, 0.6) is 0 Å². The zero-order valence-electron chi connectivity index (χ0n) is 12.4. The number of carbonyl (C=O) groups is 1. The Balaban J connectivity index is 2.64. The van der Waals surface area contributed by atoms with E-state index in [1.165, 1.54) is 11.9 Å². The van der Waals surface area contributed by atoms with Gasteiger partial charge in [-0.3, -0.25) is 19.5 Å². The van der Waals surface area contributed by atoms with E-state index < -0.39 is 19.3 Å². The second kappa shape index (κ2) is 7.75. The molecule has 0 bridgehead atoms. The summed E-state index contributed by atoms with van der Waals surface area (Å²) in [5.74, 6) is -2.34. The van der Waals surface area contributed by atoms with Crippen LogP contribution in [0.25, 0.3) is 0 Å². The number of amides is 1. The Kier molecular flexibility index (Phi) is 6.58. The van der Waals surface area contributed by atoms with Gasteiger partial charge in [-0.15, -0.1) is 4.91 Å². The van der Waals surface area contributed by atoms with Gasteiger partial charge in [0.15, 0.2) is 0 Å². The topological polar surface area (TPSA) is 131 Å². The number of carbonyl (C=O) groups excluding carboxylic acids is 1. The van der Waals surface area contributed by atoms with E-state index in [9.17, 15) is 19.5 Å². The van der Waals surface area contributed by atoms with E-state index >= 15 is 0 Å². The Morgan fingerprint density at radius 2 is 2.00 bits per heavy atom. The van der Waals surface area contributed by atoms with Crippen LogP contribution in [-0.2, 0) is 9.36 Å². The average molecular weight is 333 g/mol. The Morgan fingerprint density at radius 1 is 1.41 bits per heavy atom. The van der Waals surface area contributed by atoms with Crippen LogP contribution >= 0.6 is 7.60 Å². The number of allylic oxidation sites excluding steroid dienone is 2. The van der Waals surface area contributed by atoms with Gasteiger partial charge in [-0.2, -0.15) is 0 Å². The molecule has 1 amide bonds. The first-order valence-corrected chi connectivity index (χ1v) is 8.29. The summed E-state index contributed by atoms with van der Waals surface area (Å²) in [6.45, 7) is 1.07. The normalized spacial score (nSPS) is 16.8. The summed E-state index contributed by atoms with van der Waals surface area (Å²) in [5.41, 5.74) is 1.16. The molecule has 0 heterocycles. The summed E-state index contributed by atoms with van der Waals surface area (Å²) in [6, 6.07) is 0. The maximum Gasteiger partial charge on any atom is 0.354 e. The molecule has 1 aliphatic carbocycles. The maximum atomic E-state index is 12.1. The molecule has 0 saturated heterocycles. The maximum absolute atomic E-state index is 12.1. The van der Waals surface area contributed by atoms with Gasteiger partial charge in [0.2, 0.25) is 5.78 Å². The minimum atomic E-state index is -4.66. The number of likely N-dealkylation sites (N-methyl/N-ethyl adjacent to an activating group) is 1. The summed E-state index contributed by atoms with van der Waals surface area (Å²) in [5, 5.41) is 12.7. The number of hydrogen-bond acceptors (Lipinski definition) is 6. The highest BCUT2D eigenvalue weighted by Gasteiger charge is 2.32. The molecule has 1 aliphatic rings. The molecule has 0 radical (unpaired) electrons. The van der Waals surface area contributed by atoms with E-state index in [1.807, 2.05) is 6.08 Å². The standard InChI is InChI=1S/C12H20N3O6P/c1-9-5-3-4-6-10(9)12(16)15(18)8-14(2)7-11(13-17)22(19,20)21/h5-6,11,18H,3-4,7-8H2,1-2H3,(H2,19,20,21). The van der Waals surface area contributed by atoms with E-state index in [2.05, 4.69) is 5.18 Å². The van der Waals surface area contributed by atoms with Crippen LogP contribution in [0.2, 0.25) is 0 Å². The minimum absolute atomic E-state index is 0.310. The fourth-order valence-corrected chi connectivity index (χ4v) is 2.64. The van der Waals surface area contributed by atoms with Gasteiger partial charge in [-0.25, -0.2) is 5.06 Å². The lowest BCUT2D eigenvalue weighted by atomic mass is 9.98. The number of hydrogen-bond donors (Lipinski definition) is 3. The lowest BCUT2D eigenvalue weighted by Crippen LogP contribution is -2.41. The van der Waals surface area contributed by atoms with Gasteiger partial charge in [0.1, 0.15) is 6.67 Å². The van der Waals surface area contributed by atoms with Crippen molar-refractivity contribution in [3.05, 3.63) is 28.2 Å². The van der Waals surface area contributed by atoms with E-state index in [0.717, 1.165) is 12.0 Å². The van der Waals surface area contributed by atoms with Crippen LogP contribution in [0.1, 0.15) is 19.8 Å². The fourth-order valence-electron chi connectivity index (χ4n) is 2.02. The molecule has 3 N–H and O–H groups in total. The van der Waals surface area contributed by atoms with Crippen molar-refractivity contribution in [1.29, 1.82) is 0 Å². The van der Waals surface area contributed by atoms with Crippen molar-refractivity contribution in [2.24, 2.45) is 5.18 Å². The van der Waals surface area contributed by atoms with Gasteiger partial charge in [0.05, 0.1) is 0 Å². The molecule has 0 aliphatic heterocycles. The van der Waals surface area contributed by atoms with E-state index in [4.69, 9.17) is 9.79 Å². The zero-order valence-corrected chi connectivity index (χ0v) is 13.3. The number of nitroso groups, excluding NO2 is 1. The molecular weight excluding hydrogens is 313 g/mol. The van der Waals surface area contributed by atoms with Crippen LogP contribution in [0.3, 0.4) is 0 Å². The predicted octanol–water partition coefficient (Wildman–Crippen LogP) is 1.03. The second-order valence-electron chi connectivity index (χ2n) is 5.14.